The topological polar surface area (TPSA) is 75.3 Å². The minimum Gasteiger partial charge on any atom is -0.354 e. The van der Waals surface area contributed by atoms with Gasteiger partial charge in [0, 0.05) is 13.0 Å². The van der Waals surface area contributed by atoms with Gasteiger partial charge in [0.05, 0.1) is 0 Å². The second kappa shape index (κ2) is 6.16. The molecule has 0 heterocycles. The number of Topliss-reactive ketones (excluding diaryl/α,β-unsaturated/α-hetero) is 1. The third-order valence-corrected chi connectivity index (χ3v) is 1.58. The molecule has 5 heteroatoms. The van der Waals surface area contributed by atoms with E-state index in [9.17, 15) is 14.4 Å². The Morgan fingerprint density at radius 3 is 2.46 bits per heavy atom. The summed E-state index contributed by atoms with van der Waals surface area (Å²) in [7, 11) is 0. The van der Waals surface area contributed by atoms with E-state index in [2.05, 4.69) is 10.6 Å². The largest absolute Gasteiger partial charge is 0.354 e. The molecule has 0 aliphatic heterocycles. The third-order valence-electron chi connectivity index (χ3n) is 1.58. The summed E-state index contributed by atoms with van der Waals surface area (Å²) in [4.78, 5) is 31.7. The zero-order valence-corrected chi connectivity index (χ0v) is 7.79. The maximum Gasteiger partial charge on any atom is 0.219 e. The fourth-order valence-corrected chi connectivity index (χ4v) is 0.743. The van der Waals surface area contributed by atoms with Gasteiger partial charge in [0.2, 0.25) is 12.3 Å². The van der Waals surface area contributed by atoms with Crippen LogP contribution < -0.4 is 10.6 Å². The predicted molar refractivity (Wildman–Crippen MR) is 47.0 cm³/mol. The molecule has 0 aliphatic carbocycles. The van der Waals surface area contributed by atoms with E-state index in [1.54, 1.807) is 6.92 Å². The van der Waals surface area contributed by atoms with Crippen molar-refractivity contribution in [2.75, 3.05) is 6.54 Å². The lowest BCUT2D eigenvalue weighted by atomic mass is 10.2. The lowest BCUT2D eigenvalue weighted by molar-refractivity contribution is -0.123. The first-order valence-electron chi connectivity index (χ1n) is 4.08. The summed E-state index contributed by atoms with van der Waals surface area (Å²) in [5.74, 6) is -0.317. The van der Waals surface area contributed by atoms with Gasteiger partial charge in [-0.1, -0.05) is 6.92 Å². The molecule has 1 unspecified atom stereocenters. The van der Waals surface area contributed by atoms with Gasteiger partial charge in [0.15, 0.2) is 5.78 Å². The Balaban J connectivity index is 3.88. The van der Waals surface area contributed by atoms with E-state index in [-0.39, 0.29) is 18.2 Å². The van der Waals surface area contributed by atoms with Crippen LogP contribution in [0.4, 0.5) is 0 Å². The first kappa shape index (κ1) is 11.6. The first-order chi connectivity index (χ1) is 6.11. The molecule has 74 valence electrons. The van der Waals surface area contributed by atoms with Gasteiger partial charge in [-0.2, -0.15) is 0 Å². The van der Waals surface area contributed by atoms with Gasteiger partial charge in [-0.05, 0) is 6.92 Å². The summed E-state index contributed by atoms with van der Waals surface area (Å²) in [5.41, 5.74) is 0. The van der Waals surface area contributed by atoms with Crippen LogP contribution in [-0.2, 0) is 14.4 Å². The van der Waals surface area contributed by atoms with Gasteiger partial charge in [0.25, 0.3) is 0 Å². The summed E-state index contributed by atoms with van der Waals surface area (Å²) in [6, 6.07) is -0.618. The van der Waals surface area contributed by atoms with Crippen molar-refractivity contribution in [1.29, 1.82) is 0 Å². The zero-order chi connectivity index (χ0) is 10.3. The third kappa shape index (κ3) is 4.95. The van der Waals surface area contributed by atoms with E-state index in [0.29, 0.717) is 12.8 Å². The minimum atomic E-state index is -0.618. The quantitative estimate of drug-likeness (QED) is 0.534. The highest BCUT2D eigenvalue weighted by Gasteiger charge is 2.12. The van der Waals surface area contributed by atoms with Gasteiger partial charge in [0.1, 0.15) is 6.04 Å². The van der Waals surface area contributed by atoms with E-state index in [4.69, 9.17) is 0 Å². The lowest BCUT2D eigenvalue weighted by Crippen LogP contribution is -2.44. The van der Waals surface area contributed by atoms with Crippen LogP contribution >= 0.6 is 0 Å². The maximum absolute atomic E-state index is 10.9. The Hall–Kier alpha value is -1.39. The molecule has 0 bridgehead atoms. The van der Waals surface area contributed by atoms with E-state index in [1.807, 2.05) is 0 Å². The van der Waals surface area contributed by atoms with Crippen LogP contribution in [-0.4, -0.2) is 30.7 Å². The normalized spacial score (nSPS) is 11.5. The summed E-state index contributed by atoms with van der Waals surface area (Å²) < 4.78 is 0. The Kier molecular flexibility index (Phi) is 5.50. The average molecular weight is 186 g/mol. The van der Waals surface area contributed by atoms with E-state index < -0.39 is 6.04 Å². The molecule has 1 atom stereocenters. The van der Waals surface area contributed by atoms with Crippen molar-refractivity contribution in [2.24, 2.45) is 0 Å². The molecule has 0 aromatic carbocycles. The van der Waals surface area contributed by atoms with E-state index in [1.165, 1.54) is 6.92 Å². The van der Waals surface area contributed by atoms with Gasteiger partial charge < -0.3 is 10.6 Å². The standard InChI is InChI=1S/C8H14N2O3/c1-3-8(13)9-4-7(6(2)12)10-5-11/h5,7H,3-4H2,1-2H3,(H,9,13)(H,10,11). The molecular formula is C8H14N2O3. The van der Waals surface area contributed by atoms with Crippen LogP contribution in [0.5, 0.6) is 0 Å². The van der Waals surface area contributed by atoms with Gasteiger partial charge >= 0.3 is 0 Å². The SMILES string of the molecule is CCC(=O)NCC(NC=O)C(C)=O. The second-order valence-electron chi connectivity index (χ2n) is 2.61. The van der Waals surface area contributed by atoms with Crippen molar-refractivity contribution in [3.63, 3.8) is 0 Å². The molecule has 0 aliphatic rings. The number of carbonyl (C=O) groups is 3. The van der Waals surface area contributed by atoms with Gasteiger partial charge in [-0.15, -0.1) is 0 Å². The summed E-state index contributed by atoms with van der Waals surface area (Å²) in [5, 5.41) is 4.83. The van der Waals surface area contributed by atoms with Crippen LogP contribution in [0.2, 0.25) is 0 Å². The van der Waals surface area contributed by atoms with Gasteiger partial charge in [-0.25, -0.2) is 0 Å². The Labute approximate surface area is 76.9 Å². The number of hydrogen-bond acceptors (Lipinski definition) is 3. The predicted octanol–water partition coefficient (Wildman–Crippen LogP) is -0.784. The number of carbonyl (C=O) groups excluding carboxylic acids is 3. The minimum absolute atomic E-state index is 0.140. The molecule has 0 aromatic heterocycles. The van der Waals surface area contributed by atoms with Crippen LogP contribution in [0.3, 0.4) is 0 Å². The molecule has 0 rings (SSSR count). The number of hydrogen-bond donors (Lipinski definition) is 2. The van der Waals surface area contributed by atoms with E-state index in [0.717, 1.165) is 0 Å². The smallest absolute Gasteiger partial charge is 0.219 e. The molecule has 5 nitrogen and oxygen atoms in total. The van der Waals surface area contributed by atoms with E-state index >= 15 is 0 Å². The molecule has 0 spiro atoms. The van der Waals surface area contributed by atoms with Crippen molar-refractivity contribution < 1.29 is 14.4 Å². The maximum atomic E-state index is 10.9. The molecule has 13 heavy (non-hydrogen) atoms. The fraction of sp³-hybridized carbons (Fsp3) is 0.625. The molecule has 2 amide bonds. The molecule has 2 N–H and O–H groups in total. The highest BCUT2D eigenvalue weighted by Crippen LogP contribution is 1.84. The van der Waals surface area contributed by atoms with Crippen molar-refractivity contribution in [2.45, 2.75) is 26.3 Å². The van der Waals surface area contributed by atoms with Crippen molar-refractivity contribution in [1.82, 2.24) is 10.6 Å². The van der Waals surface area contributed by atoms with Crippen molar-refractivity contribution >= 4 is 18.1 Å². The number of ketones is 1. The summed E-state index contributed by atoms with van der Waals surface area (Å²) in [6.07, 6.45) is 0.815. The Morgan fingerprint density at radius 2 is 2.08 bits per heavy atom. The molecule has 0 aromatic rings. The molecule has 0 saturated heterocycles. The highest BCUT2D eigenvalue weighted by molar-refractivity contribution is 5.84. The first-order valence-corrected chi connectivity index (χ1v) is 4.08. The Morgan fingerprint density at radius 1 is 1.46 bits per heavy atom. The monoisotopic (exact) mass is 186 g/mol. The zero-order valence-electron chi connectivity index (χ0n) is 7.79. The molecular weight excluding hydrogens is 172 g/mol. The second-order valence-corrected chi connectivity index (χ2v) is 2.61. The molecule has 0 fully saturated rings. The van der Waals surface area contributed by atoms with Crippen LogP contribution in [0, 0.1) is 0 Å². The van der Waals surface area contributed by atoms with Crippen LogP contribution in [0.25, 0.3) is 0 Å². The van der Waals surface area contributed by atoms with Crippen molar-refractivity contribution in [3.8, 4) is 0 Å². The number of amides is 2. The Bertz CT molecular complexity index is 204. The number of nitrogens with one attached hydrogen (secondary N) is 2. The lowest BCUT2D eigenvalue weighted by Gasteiger charge is -2.12. The van der Waals surface area contributed by atoms with Gasteiger partial charge in [-0.3, -0.25) is 14.4 Å². The number of rotatable bonds is 6. The summed E-state index contributed by atoms with van der Waals surface area (Å²) in [6.45, 7) is 3.23. The van der Waals surface area contributed by atoms with Crippen LogP contribution in [0.15, 0.2) is 0 Å². The molecule has 0 saturated carbocycles. The highest BCUT2D eigenvalue weighted by atomic mass is 16.2. The fourth-order valence-electron chi connectivity index (χ4n) is 0.743. The van der Waals surface area contributed by atoms with Crippen LogP contribution in [0.1, 0.15) is 20.3 Å². The molecule has 0 radical (unpaired) electrons. The average Bonchev–Trinajstić information content (AvgIpc) is 2.11. The van der Waals surface area contributed by atoms with Crippen molar-refractivity contribution in [3.05, 3.63) is 0 Å². The summed E-state index contributed by atoms with van der Waals surface area (Å²) >= 11 is 0.